The summed E-state index contributed by atoms with van der Waals surface area (Å²) in [6, 6.07) is 15.8. The molecule has 4 aromatic rings. The van der Waals surface area contributed by atoms with Crippen molar-refractivity contribution in [3.8, 4) is 11.5 Å². The lowest BCUT2D eigenvalue weighted by Crippen LogP contribution is -2.22. The summed E-state index contributed by atoms with van der Waals surface area (Å²) in [7, 11) is 4.85. The van der Waals surface area contributed by atoms with E-state index in [9.17, 15) is 9.59 Å². The first kappa shape index (κ1) is 22.8. The molecule has 2 aromatic carbocycles. The maximum absolute atomic E-state index is 12.9. The standard InChI is InChI=1S/C26H26N4O4/c1-17-8-11-24-27-20(15-30(24)14-17)16-34-21-7-5-6-18(12-21)25(31)28-22-13-19(26(32)29(2)3)9-10-23(22)33-4/h5-15H,16H2,1-4H3,(H,28,31). The van der Waals surface area contributed by atoms with Crippen molar-refractivity contribution in [3.05, 3.63) is 89.4 Å². The van der Waals surface area contributed by atoms with Gasteiger partial charge in [-0.25, -0.2) is 4.98 Å². The highest BCUT2D eigenvalue weighted by Crippen LogP contribution is 2.27. The van der Waals surface area contributed by atoms with Gasteiger partial charge in [0, 0.05) is 37.6 Å². The molecule has 2 heterocycles. The van der Waals surface area contributed by atoms with Gasteiger partial charge in [0.1, 0.15) is 23.8 Å². The van der Waals surface area contributed by atoms with Crippen molar-refractivity contribution in [3.63, 3.8) is 0 Å². The third kappa shape index (κ3) is 5.01. The topological polar surface area (TPSA) is 85.2 Å². The van der Waals surface area contributed by atoms with Gasteiger partial charge < -0.3 is 24.1 Å². The summed E-state index contributed by atoms with van der Waals surface area (Å²) in [4.78, 5) is 31.3. The molecule has 174 valence electrons. The number of amides is 2. The quantitative estimate of drug-likeness (QED) is 0.449. The van der Waals surface area contributed by atoms with Gasteiger partial charge in [0.25, 0.3) is 11.8 Å². The number of pyridine rings is 1. The molecule has 4 rings (SSSR count). The second-order valence-corrected chi connectivity index (χ2v) is 8.09. The van der Waals surface area contributed by atoms with Crippen LogP contribution in [0.4, 0.5) is 5.69 Å². The minimum atomic E-state index is -0.346. The van der Waals surface area contributed by atoms with Crippen molar-refractivity contribution < 1.29 is 19.1 Å². The first-order chi connectivity index (χ1) is 16.3. The van der Waals surface area contributed by atoms with Crippen LogP contribution in [-0.4, -0.2) is 47.3 Å². The summed E-state index contributed by atoms with van der Waals surface area (Å²) in [5, 5.41) is 2.83. The number of aryl methyl sites for hydroxylation is 1. The highest BCUT2D eigenvalue weighted by molar-refractivity contribution is 6.06. The maximum Gasteiger partial charge on any atom is 0.255 e. The lowest BCUT2D eigenvalue weighted by molar-refractivity contribution is 0.0827. The van der Waals surface area contributed by atoms with Crippen molar-refractivity contribution in [2.45, 2.75) is 13.5 Å². The van der Waals surface area contributed by atoms with Gasteiger partial charge in [0.2, 0.25) is 0 Å². The van der Waals surface area contributed by atoms with Crippen molar-refractivity contribution in [2.75, 3.05) is 26.5 Å². The van der Waals surface area contributed by atoms with Crippen LogP contribution in [-0.2, 0) is 6.61 Å². The Morgan fingerprint density at radius 3 is 2.62 bits per heavy atom. The Morgan fingerprint density at radius 1 is 1.03 bits per heavy atom. The molecule has 2 amide bonds. The molecule has 0 unspecified atom stereocenters. The lowest BCUT2D eigenvalue weighted by Gasteiger charge is -2.14. The van der Waals surface area contributed by atoms with E-state index in [0.717, 1.165) is 16.9 Å². The molecule has 0 saturated carbocycles. The fourth-order valence-corrected chi connectivity index (χ4v) is 3.50. The highest BCUT2D eigenvalue weighted by Gasteiger charge is 2.15. The summed E-state index contributed by atoms with van der Waals surface area (Å²) in [6.45, 7) is 2.30. The van der Waals surface area contributed by atoms with Crippen LogP contribution in [0.15, 0.2) is 67.0 Å². The highest BCUT2D eigenvalue weighted by atomic mass is 16.5. The fourth-order valence-electron chi connectivity index (χ4n) is 3.50. The van der Waals surface area contributed by atoms with Crippen LogP contribution in [0.25, 0.3) is 5.65 Å². The van der Waals surface area contributed by atoms with Crippen LogP contribution in [0.1, 0.15) is 32.0 Å². The summed E-state index contributed by atoms with van der Waals surface area (Å²) in [5.41, 5.74) is 4.04. The zero-order valence-corrected chi connectivity index (χ0v) is 19.5. The van der Waals surface area contributed by atoms with Crippen molar-refractivity contribution >= 4 is 23.1 Å². The zero-order valence-electron chi connectivity index (χ0n) is 19.5. The van der Waals surface area contributed by atoms with Gasteiger partial charge in [-0.15, -0.1) is 0 Å². The summed E-state index contributed by atoms with van der Waals surface area (Å²) >= 11 is 0. The lowest BCUT2D eigenvalue weighted by atomic mass is 10.1. The van der Waals surface area contributed by atoms with Crippen molar-refractivity contribution in [1.29, 1.82) is 0 Å². The van der Waals surface area contributed by atoms with Gasteiger partial charge in [-0.3, -0.25) is 9.59 Å². The predicted octanol–water partition coefficient (Wildman–Crippen LogP) is 4.18. The van der Waals surface area contributed by atoms with E-state index in [1.165, 1.54) is 12.0 Å². The van der Waals surface area contributed by atoms with Crippen LogP contribution < -0.4 is 14.8 Å². The van der Waals surface area contributed by atoms with Crippen LogP contribution in [0.3, 0.4) is 0 Å². The number of nitrogens with zero attached hydrogens (tertiary/aromatic N) is 3. The summed E-state index contributed by atoms with van der Waals surface area (Å²) < 4.78 is 13.2. The van der Waals surface area contributed by atoms with Crippen LogP contribution in [0.5, 0.6) is 11.5 Å². The third-order valence-corrected chi connectivity index (χ3v) is 5.23. The number of carbonyl (C=O) groups is 2. The first-order valence-electron chi connectivity index (χ1n) is 10.7. The van der Waals surface area contributed by atoms with E-state index in [-0.39, 0.29) is 18.4 Å². The van der Waals surface area contributed by atoms with Crippen LogP contribution >= 0.6 is 0 Å². The predicted molar refractivity (Wildman–Crippen MR) is 130 cm³/mol. The molecule has 0 aliphatic carbocycles. The molecule has 0 saturated heterocycles. The van der Waals surface area contributed by atoms with Gasteiger partial charge in [-0.05, 0) is 55.0 Å². The van der Waals surface area contributed by atoms with E-state index in [1.54, 1.807) is 56.6 Å². The molecule has 8 heteroatoms. The molecular weight excluding hydrogens is 432 g/mol. The number of aromatic nitrogens is 2. The van der Waals surface area contributed by atoms with Crippen molar-refractivity contribution in [2.24, 2.45) is 0 Å². The molecule has 0 spiro atoms. The maximum atomic E-state index is 12.9. The van der Waals surface area contributed by atoms with Gasteiger partial charge >= 0.3 is 0 Å². The second-order valence-electron chi connectivity index (χ2n) is 8.09. The Kier molecular flexibility index (Phi) is 6.49. The first-order valence-corrected chi connectivity index (χ1v) is 10.7. The average Bonchev–Trinajstić information content (AvgIpc) is 3.24. The molecule has 0 radical (unpaired) electrons. The molecule has 1 N–H and O–H groups in total. The molecule has 34 heavy (non-hydrogen) atoms. The van der Waals surface area contributed by atoms with E-state index in [1.807, 2.05) is 35.9 Å². The summed E-state index contributed by atoms with van der Waals surface area (Å²) in [5.74, 6) is 0.486. The van der Waals surface area contributed by atoms with E-state index in [2.05, 4.69) is 10.3 Å². The Labute approximate surface area is 197 Å². The van der Waals surface area contributed by atoms with E-state index >= 15 is 0 Å². The fraction of sp³-hybridized carbons (Fsp3) is 0.192. The number of imidazole rings is 1. The van der Waals surface area contributed by atoms with Gasteiger partial charge in [0.15, 0.2) is 0 Å². The number of benzene rings is 2. The number of carbonyl (C=O) groups excluding carboxylic acids is 2. The Balaban J connectivity index is 1.48. The zero-order chi connectivity index (χ0) is 24.2. The Hall–Kier alpha value is -4.33. The van der Waals surface area contributed by atoms with Gasteiger partial charge in [-0.2, -0.15) is 0 Å². The summed E-state index contributed by atoms with van der Waals surface area (Å²) in [6.07, 6.45) is 3.93. The second kappa shape index (κ2) is 9.66. The SMILES string of the molecule is COc1ccc(C(=O)N(C)C)cc1NC(=O)c1cccc(OCc2cn3cc(C)ccc3n2)c1. The number of fused-ring (bicyclic) bond motifs is 1. The number of hydrogen-bond donors (Lipinski definition) is 1. The van der Waals surface area contributed by atoms with E-state index in [4.69, 9.17) is 9.47 Å². The van der Waals surface area contributed by atoms with Gasteiger partial charge in [0.05, 0.1) is 18.5 Å². The normalized spacial score (nSPS) is 10.7. The number of methoxy groups -OCH3 is 1. The van der Waals surface area contributed by atoms with Crippen LogP contribution in [0, 0.1) is 6.92 Å². The smallest absolute Gasteiger partial charge is 0.255 e. The van der Waals surface area contributed by atoms with Crippen molar-refractivity contribution in [1.82, 2.24) is 14.3 Å². The largest absolute Gasteiger partial charge is 0.495 e. The van der Waals surface area contributed by atoms with E-state index in [0.29, 0.717) is 28.3 Å². The van der Waals surface area contributed by atoms with Gasteiger partial charge in [-0.1, -0.05) is 12.1 Å². The molecule has 0 atom stereocenters. The number of hydrogen-bond acceptors (Lipinski definition) is 5. The van der Waals surface area contributed by atoms with Crippen LogP contribution in [0.2, 0.25) is 0 Å². The minimum absolute atomic E-state index is 0.171. The molecule has 0 aliphatic rings. The molecule has 8 nitrogen and oxygen atoms in total. The number of nitrogens with one attached hydrogen (secondary N) is 1. The molecular formula is C26H26N4O4. The molecule has 2 aromatic heterocycles. The number of rotatable bonds is 7. The average molecular weight is 459 g/mol. The monoisotopic (exact) mass is 458 g/mol. The Morgan fingerprint density at radius 2 is 1.85 bits per heavy atom. The molecule has 0 fully saturated rings. The number of ether oxygens (including phenoxy) is 2. The van der Waals surface area contributed by atoms with E-state index < -0.39 is 0 Å². The number of anilines is 1. The molecule has 0 bridgehead atoms. The molecule has 0 aliphatic heterocycles. The Bertz CT molecular complexity index is 1360. The third-order valence-electron chi connectivity index (χ3n) is 5.23. The minimum Gasteiger partial charge on any atom is -0.495 e.